The molecule has 0 aliphatic heterocycles. The first-order chi connectivity index (χ1) is 9.97. The minimum atomic E-state index is -1.63. The SMILES string of the molecule is Cc1ccc(CNC(=O)c2cc(B(O)O)ccc2Cl)cc1. The predicted octanol–water partition coefficient (Wildman–Crippen LogP) is 1.26. The molecule has 0 fully saturated rings. The lowest BCUT2D eigenvalue weighted by Gasteiger charge is -2.09. The molecule has 2 aromatic rings. The van der Waals surface area contributed by atoms with E-state index < -0.39 is 7.12 Å². The van der Waals surface area contributed by atoms with Crippen molar-refractivity contribution in [2.24, 2.45) is 0 Å². The molecule has 6 heteroatoms. The maximum atomic E-state index is 12.1. The number of hydrogen-bond donors (Lipinski definition) is 3. The largest absolute Gasteiger partial charge is 0.488 e. The lowest BCUT2D eigenvalue weighted by molar-refractivity contribution is 0.0951. The van der Waals surface area contributed by atoms with Crippen molar-refractivity contribution in [2.75, 3.05) is 0 Å². The van der Waals surface area contributed by atoms with Crippen LogP contribution in [0, 0.1) is 6.92 Å². The molecule has 0 aliphatic rings. The van der Waals surface area contributed by atoms with Crippen LogP contribution in [0.4, 0.5) is 0 Å². The predicted molar refractivity (Wildman–Crippen MR) is 83.6 cm³/mol. The summed E-state index contributed by atoms with van der Waals surface area (Å²) in [6.45, 7) is 2.37. The van der Waals surface area contributed by atoms with Crippen LogP contribution in [0.2, 0.25) is 5.02 Å². The first kappa shape index (κ1) is 15.6. The summed E-state index contributed by atoms with van der Waals surface area (Å²) in [6, 6.07) is 12.1. The van der Waals surface area contributed by atoms with E-state index in [9.17, 15) is 4.79 Å². The van der Waals surface area contributed by atoms with Crippen LogP contribution in [0.25, 0.3) is 0 Å². The first-order valence-corrected chi connectivity index (χ1v) is 6.84. The van der Waals surface area contributed by atoms with Gasteiger partial charge in [0.05, 0.1) is 10.6 Å². The van der Waals surface area contributed by atoms with Crippen molar-refractivity contribution >= 4 is 30.1 Å². The van der Waals surface area contributed by atoms with Crippen molar-refractivity contribution in [1.82, 2.24) is 5.32 Å². The van der Waals surface area contributed by atoms with Gasteiger partial charge in [-0.05, 0) is 30.1 Å². The number of halogens is 1. The molecule has 21 heavy (non-hydrogen) atoms. The summed E-state index contributed by atoms with van der Waals surface area (Å²) in [5, 5.41) is 21.3. The number of carbonyl (C=O) groups is 1. The van der Waals surface area contributed by atoms with Gasteiger partial charge < -0.3 is 15.4 Å². The number of carbonyl (C=O) groups excluding carboxylic acids is 1. The third-order valence-corrected chi connectivity index (χ3v) is 3.44. The van der Waals surface area contributed by atoms with Gasteiger partial charge in [-0.25, -0.2) is 0 Å². The fraction of sp³-hybridized carbons (Fsp3) is 0.133. The van der Waals surface area contributed by atoms with Gasteiger partial charge in [-0.15, -0.1) is 0 Å². The van der Waals surface area contributed by atoms with Crippen molar-refractivity contribution in [3.05, 3.63) is 64.2 Å². The van der Waals surface area contributed by atoms with Crippen LogP contribution >= 0.6 is 11.6 Å². The highest BCUT2D eigenvalue weighted by molar-refractivity contribution is 6.58. The summed E-state index contributed by atoms with van der Waals surface area (Å²) in [5.41, 5.74) is 2.57. The summed E-state index contributed by atoms with van der Waals surface area (Å²) < 4.78 is 0. The number of aryl methyl sites for hydroxylation is 1. The van der Waals surface area contributed by atoms with Crippen LogP contribution in [0.15, 0.2) is 42.5 Å². The molecule has 0 saturated heterocycles. The van der Waals surface area contributed by atoms with Crippen LogP contribution in [-0.4, -0.2) is 23.1 Å². The molecule has 0 atom stereocenters. The minimum absolute atomic E-state index is 0.217. The molecule has 0 spiro atoms. The van der Waals surface area contributed by atoms with E-state index in [1.807, 2.05) is 31.2 Å². The maximum absolute atomic E-state index is 12.1. The highest BCUT2D eigenvalue weighted by Gasteiger charge is 2.16. The zero-order valence-corrected chi connectivity index (χ0v) is 12.3. The summed E-state index contributed by atoms with van der Waals surface area (Å²) >= 11 is 5.97. The smallest absolute Gasteiger partial charge is 0.423 e. The molecule has 2 rings (SSSR count). The van der Waals surface area contributed by atoms with Crippen LogP contribution in [0.1, 0.15) is 21.5 Å². The normalized spacial score (nSPS) is 10.3. The van der Waals surface area contributed by atoms with Gasteiger partial charge in [0, 0.05) is 6.54 Å². The fourth-order valence-corrected chi connectivity index (χ4v) is 2.06. The second-order valence-electron chi connectivity index (χ2n) is 4.78. The van der Waals surface area contributed by atoms with Gasteiger partial charge in [0.2, 0.25) is 0 Å². The van der Waals surface area contributed by atoms with Crippen molar-refractivity contribution in [2.45, 2.75) is 13.5 Å². The van der Waals surface area contributed by atoms with E-state index in [2.05, 4.69) is 5.32 Å². The zero-order valence-electron chi connectivity index (χ0n) is 11.5. The summed E-state index contributed by atoms with van der Waals surface area (Å²) in [5.74, 6) is -0.358. The van der Waals surface area contributed by atoms with Crippen LogP contribution in [-0.2, 0) is 6.54 Å². The van der Waals surface area contributed by atoms with Gasteiger partial charge >= 0.3 is 7.12 Å². The molecule has 0 saturated carbocycles. The van der Waals surface area contributed by atoms with Gasteiger partial charge in [0.15, 0.2) is 0 Å². The monoisotopic (exact) mass is 303 g/mol. The van der Waals surface area contributed by atoms with E-state index in [-0.39, 0.29) is 22.0 Å². The molecule has 0 bridgehead atoms. The Labute approximate surface area is 128 Å². The molecule has 0 aliphatic carbocycles. The fourth-order valence-electron chi connectivity index (χ4n) is 1.86. The molecule has 1 amide bonds. The minimum Gasteiger partial charge on any atom is -0.423 e. The van der Waals surface area contributed by atoms with Crippen molar-refractivity contribution < 1.29 is 14.8 Å². The van der Waals surface area contributed by atoms with Crippen molar-refractivity contribution in [3.8, 4) is 0 Å². The average Bonchev–Trinajstić information content (AvgIpc) is 2.46. The van der Waals surface area contributed by atoms with E-state index in [0.29, 0.717) is 6.54 Å². The molecular weight excluding hydrogens is 288 g/mol. The average molecular weight is 304 g/mol. The lowest BCUT2D eigenvalue weighted by atomic mass is 9.79. The quantitative estimate of drug-likeness (QED) is 0.745. The number of rotatable bonds is 4. The highest BCUT2D eigenvalue weighted by atomic mass is 35.5. The number of amides is 1. The Morgan fingerprint density at radius 1 is 1.19 bits per heavy atom. The second kappa shape index (κ2) is 6.76. The van der Waals surface area contributed by atoms with E-state index >= 15 is 0 Å². The number of nitrogens with one attached hydrogen (secondary N) is 1. The molecule has 4 nitrogen and oxygen atoms in total. The second-order valence-corrected chi connectivity index (χ2v) is 5.19. The topological polar surface area (TPSA) is 69.6 Å². The zero-order chi connectivity index (χ0) is 15.4. The molecule has 0 radical (unpaired) electrons. The molecular formula is C15H15BClNO3. The van der Waals surface area contributed by atoms with Gasteiger partial charge in [-0.2, -0.15) is 0 Å². The standard InChI is InChI=1S/C15H15BClNO3/c1-10-2-4-11(5-3-10)9-18-15(19)13-8-12(16(20)21)6-7-14(13)17/h2-8,20-21H,9H2,1H3,(H,18,19). The number of hydrogen-bond acceptors (Lipinski definition) is 3. The maximum Gasteiger partial charge on any atom is 0.488 e. The molecule has 2 aromatic carbocycles. The van der Waals surface area contributed by atoms with Gasteiger partial charge in [0.1, 0.15) is 0 Å². The molecule has 108 valence electrons. The van der Waals surface area contributed by atoms with Crippen LogP contribution in [0.5, 0.6) is 0 Å². The molecule has 0 aromatic heterocycles. The van der Waals surface area contributed by atoms with E-state index in [0.717, 1.165) is 11.1 Å². The van der Waals surface area contributed by atoms with E-state index in [1.54, 1.807) is 0 Å². The van der Waals surface area contributed by atoms with Crippen molar-refractivity contribution in [1.29, 1.82) is 0 Å². The van der Waals surface area contributed by atoms with Crippen molar-refractivity contribution in [3.63, 3.8) is 0 Å². The summed E-state index contributed by atoms with van der Waals surface area (Å²) in [7, 11) is -1.63. The number of benzene rings is 2. The van der Waals surface area contributed by atoms with Crippen LogP contribution < -0.4 is 10.8 Å². The molecule has 0 unspecified atom stereocenters. The Morgan fingerprint density at radius 3 is 2.48 bits per heavy atom. The molecule has 0 heterocycles. The Kier molecular flexibility index (Phi) is 5.01. The summed E-state index contributed by atoms with van der Waals surface area (Å²) in [4.78, 5) is 12.1. The molecule has 3 N–H and O–H groups in total. The Hall–Kier alpha value is -1.82. The highest BCUT2D eigenvalue weighted by Crippen LogP contribution is 2.14. The third kappa shape index (κ3) is 4.08. The van der Waals surface area contributed by atoms with E-state index in [1.165, 1.54) is 18.2 Å². The third-order valence-electron chi connectivity index (χ3n) is 3.11. The van der Waals surface area contributed by atoms with Gasteiger partial charge in [0.25, 0.3) is 5.91 Å². The van der Waals surface area contributed by atoms with Gasteiger partial charge in [-0.1, -0.05) is 47.5 Å². The Bertz CT molecular complexity index is 644. The van der Waals surface area contributed by atoms with E-state index in [4.69, 9.17) is 21.6 Å². The van der Waals surface area contributed by atoms with Crippen LogP contribution in [0.3, 0.4) is 0 Å². The Morgan fingerprint density at radius 2 is 1.86 bits per heavy atom. The first-order valence-electron chi connectivity index (χ1n) is 6.46. The Balaban J connectivity index is 2.09. The summed E-state index contributed by atoms with van der Waals surface area (Å²) in [6.07, 6.45) is 0. The lowest BCUT2D eigenvalue weighted by Crippen LogP contribution is -2.32. The van der Waals surface area contributed by atoms with Gasteiger partial charge in [-0.3, -0.25) is 4.79 Å².